The highest BCUT2D eigenvalue weighted by atomic mass is 19.4. The van der Waals surface area contributed by atoms with Crippen LogP contribution < -0.4 is 10.6 Å². The molecule has 0 saturated heterocycles. The largest absolute Gasteiger partial charge is 0.401 e. The zero-order valence-corrected chi connectivity index (χ0v) is 25.7. The first-order valence-corrected chi connectivity index (χ1v) is 15.2. The SMILES string of the molecule is C#CC[C@@H](CNC(C1CCCCC1)[C@@H](O)C(O)CC)NC(=O)C(CC(=O)N(C)CCN(C)CC(F)(F)F)c1ccccc1. The Morgan fingerprint density at radius 1 is 1.09 bits per heavy atom. The van der Waals surface area contributed by atoms with Crippen LogP contribution >= 0.6 is 0 Å². The second kappa shape index (κ2) is 18.2. The van der Waals surface area contributed by atoms with Gasteiger partial charge in [-0.1, -0.05) is 56.5 Å². The molecule has 1 saturated carbocycles. The van der Waals surface area contributed by atoms with Crippen molar-refractivity contribution in [3.8, 4) is 12.3 Å². The quantitative estimate of drug-likeness (QED) is 0.202. The third kappa shape index (κ3) is 12.9. The third-order valence-corrected chi connectivity index (χ3v) is 8.24. The molecule has 0 aliphatic heterocycles. The van der Waals surface area contributed by atoms with Crippen LogP contribution in [0.1, 0.15) is 69.8 Å². The van der Waals surface area contributed by atoms with E-state index in [9.17, 15) is 33.0 Å². The Morgan fingerprint density at radius 3 is 2.33 bits per heavy atom. The Morgan fingerprint density at radius 2 is 1.74 bits per heavy atom. The molecule has 2 rings (SSSR count). The molecule has 0 spiro atoms. The average Bonchev–Trinajstić information content (AvgIpc) is 2.98. The number of nitrogens with zero attached hydrogens (tertiary/aromatic N) is 2. The van der Waals surface area contributed by atoms with Gasteiger partial charge in [-0.05, 0) is 37.8 Å². The van der Waals surface area contributed by atoms with E-state index in [1.165, 1.54) is 19.0 Å². The predicted molar refractivity (Wildman–Crippen MR) is 161 cm³/mol. The smallest absolute Gasteiger partial charge is 0.390 e. The number of aliphatic hydroxyl groups excluding tert-OH is 2. The van der Waals surface area contributed by atoms with Gasteiger partial charge >= 0.3 is 6.18 Å². The van der Waals surface area contributed by atoms with Crippen LogP contribution in [0.2, 0.25) is 0 Å². The van der Waals surface area contributed by atoms with Crippen LogP contribution in [0.3, 0.4) is 0 Å². The molecule has 1 aliphatic rings. The van der Waals surface area contributed by atoms with Gasteiger partial charge in [0.05, 0.1) is 30.7 Å². The molecule has 0 bridgehead atoms. The minimum absolute atomic E-state index is 0.0284. The van der Waals surface area contributed by atoms with E-state index < -0.39 is 42.8 Å². The maximum Gasteiger partial charge on any atom is 0.401 e. The zero-order chi connectivity index (χ0) is 32.0. The number of nitrogens with one attached hydrogen (secondary N) is 2. The van der Waals surface area contributed by atoms with Crippen LogP contribution in [0.25, 0.3) is 0 Å². The topological polar surface area (TPSA) is 105 Å². The van der Waals surface area contributed by atoms with Crippen molar-refractivity contribution in [2.75, 3.05) is 40.3 Å². The van der Waals surface area contributed by atoms with Gasteiger partial charge in [-0.25, -0.2) is 0 Å². The Balaban J connectivity index is 2.12. The highest BCUT2D eigenvalue weighted by Crippen LogP contribution is 2.29. The van der Waals surface area contributed by atoms with E-state index >= 15 is 0 Å². The van der Waals surface area contributed by atoms with E-state index in [1.54, 1.807) is 30.3 Å². The number of rotatable bonds is 17. The monoisotopic (exact) mass is 610 g/mol. The van der Waals surface area contributed by atoms with Crippen LogP contribution in [0.15, 0.2) is 30.3 Å². The standard InChI is InChI=1S/C32H49F3N4O4/c1-5-13-25(21-36-29(30(42)27(40)6-2)24-16-11-8-12-17-24)37-31(43)26(23-14-9-7-10-15-23)20-28(41)39(4)19-18-38(3)22-32(33,34)35/h1,7,9-10,14-15,24-27,29-30,36,40,42H,6,8,11-13,16-22H2,2-4H3,(H,37,43)/t25-,26?,27?,29?,30-/m0/s1. The van der Waals surface area contributed by atoms with Crippen molar-refractivity contribution in [1.82, 2.24) is 20.4 Å². The summed E-state index contributed by atoms with van der Waals surface area (Å²) in [7, 11) is 2.85. The summed E-state index contributed by atoms with van der Waals surface area (Å²) >= 11 is 0. The number of amides is 2. The fourth-order valence-corrected chi connectivity index (χ4v) is 5.65. The molecule has 3 unspecified atom stereocenters. The number of halogens is 3. The number of benzene rings is 1. The number of terminal acetylenes is 1. The van der Waals surface area contributed by atoms with Crippen LogP contribution in [-0.4, -0.2) is 103 Å². The molecule has 2 amide bonds. The van der Waals surface area contributed by atoms with Gasteiger partial charge in [-0.3, -0.25) is 14.5 Å². The molecule has 0 aromatic heterocycles. The summed E-state index contributed by atoms with van der Waals surface area (Å²) in [6.45, 7) is 1.11. The molecule has 43 heavy (non-hydrogen) atoms. The number of carbonyl (C=O) groups is 2. The van der Waals surface area contributed by atoms with Crippen LogP contribution in [0.4, 0.5) is 13.2 Å². The van der Waals surface area contributed by atoms with E-state index in [2.05, 4.69) is 16.6 Å². The maximum absolute atomic E-state index is 13.6. The molecule has 5 atom stereocenters. The molecule has 242 valence electrons. The van der Waals surface area contributed by atoms with E-state index in [0.717, 1.165) is 37.0 Å². The van der Waals surface area contributed by atoms with Crippen molar-refractivity contribution in [3.63, 3.8) is 0 Å². The molecule has 1 aliphatic carbocycles. The first-order valence-electron chi connectivity index (χ1n) is 15.2. The third-order valence-electron chi connectivity index (χ3n) is 8.24. The summed E-state index contributed by atoms with van der Waals surface area (Å²) in [4.78, 5) is 29.2. The van der Waals surface area contributed by atoms with E-state index in [4.69, 9.17) is 6.42 Å². The number of likely N-dealkylation sites (N-methyl/N-ethyl adjacent to an activating group) is 2. The lowest BCUT2D eigenvalue weighted by Gasteiger charge is -2.37. The number of carbonyl (C=O) groups excluding carboxylic acids is 2. The second-order valence-corrected chi connectivity index (χ2v) is 11.7. The summed E-state index contributed by atoms with van der Waals surface area (Å²) in [6, 6.07) is 8.00. The Kier molecular flexibility index (Phi) is 15.5. The van der Waals surface area contributed by atoms with Crippen molar-refractivity contribution >= 4 is 11.8 Å². The highest BCUT2D eigenvalue weighted by molar-refractivity contribution is 5.89. The first kappa shape index (κ1) is 36.5. The fraction of sp³-hybridized carbons (Fsp3) is 0.688. The first-order chi connectivity index (χ1) is 20.4. The number of hydrogen-bond donors (Lipinski definition) is 4. The zero-order valence-electron chi connectivity index (χ0n) is 25.7. The van der Waals surface area contributed by atoms with Gasteiger partial charge in [0, 0.05) is 45.6 Å². The summed E-state index contributed by atoms with van der Waals surface area (Å²) < 4.78 is 38.0. The van der Waals surface area contributed by atoms with Crippen molar-refractivity contribution in [2.45, 2.75) is 94.7 Å². The normalized spacial score (nSPS) is 17.9. The average molecular weight is 611 g/mol. The summed E-state index contributed by atoms with van der Waals surface area (Å²) in [5.74, 6) is 1.17. The number of aliphatic hydroxyl groups is 2. The Hall–Kier alpha value is -2.65. The van der Waals surface area contributed by atoms with Crippen LogP contribution in [-0.2, 0) is 9.59 Å². The van der Waals surface area contributed by atoms with Crippen molar-refractivity contribution in [1.29, 1.82) is 0 Å². The van der Waals surface area contributed by atoms with Crippen LogP contribution in [0, 0.1) is 18.3 Å². The summed E-state index contributed by atoms with van der Waals surface area (Å²) in [5.41, 5.74) is 0.630. The maximum atomic E-state index is 13.6. The molecule has 8 nitrogen and oxygen atoms in total. The summed E-state index contributed by atoms with van der Waals surface area (Å²) in [6.07, 6.45) is 5.06. The van der Waals surface area contributed by atoms with Gasteiger partial charge in [0.15, 0.2) is 0 Å². The molecule has 4 N–H and O–H groups in total. The van der Waals surface area contributed by atoms with Gasteiger partial charge < -0.3 is 25.7 Å². The molecular formula is C32H49F3N4O4. The van der Waals surface area contributed by atoms with E-state index in [1.807, 2.05) is 6.92 Å². The molecule has 0 heterocycles. The molecule has 1 aromatic rings. The Bertz CT molecular complexity index is 1010. The number of alkyl halides is 3. The van der Waals surface area contributed by atoms with Crippen molar-refractivity contribution in [3.05, 3.63) is 35.9 Å². The number of hydrogen-bond acceptors (Lipinski definition) is 6. The predicted octanol–water partition coefficient (Wildman–Crippen LogP) is 3.29. The lowest BCUT2D eigenvalue weighted by molar-refractivity contribution is -0.144. The van der Waals surface area contributed by atoms with Crippen molar-refractivity contribution < 1.29 is 33.0 Å². The van der Waals surface area contributed by atoms with E-state index in [-0.39, 0.29) is 50.3 Å². The lowest BCUT2D eigenvalue weighted by Crippen LogP contribution is -2.54. The second-order valence-electron chi connectivity index (χ2n) is 11.7. The minimum atomic E-state index is -4.33. The van der Waals surface area contributed by atoms with E-state index in [0.29, 0.717) is 12.0 Å². The van der Waals surface area contributed by atoms with Gasteiger partial charge in [-0.15, -0.1) is 12.3 Å². The fourth-order valence-electron chi connectivity index (χ4n) is 5.65. The van der Waals surface area contributed by atoms with Crippen molar-refractivity contribution in [2.24, 2.45) is 5.92 Å². The minimum Gasteiger partial charge on any atom is -0.390 e. The Labute approximate surface area is 254 Å². The molecule has 1 aromatic carbocycles. The molecular weight excluding hydrogens is 561 g/mol. The van der Waals surface area contributed by atoms with Gasteiger partial charge in [0.2, 0.25) is 11.8 Å². The lowest BCUT2D eigenvalue weighted by atomic mass is 9.80. The summed E-state index contributed by atoms with van der Waals surface area (Å²) in [5, 5.41) is 27.7. The molecule has 1 fully saturated rings. The molecule has 0 radical (unpaired) electrons. The highest BCUT2D eigenvalue weighted by Gasteiger charge is 2.34. The van der Waals surface area contributed by atoms with Crippen LogP contribution in [0.5, 0.6) is 0 Å². The van der Waals surface area contributed by atoms with Gasteiger partial charge in [0.1, 0.15) is 0 Å². The molecule has 11 heteroatoms. The van der Waals surface area contributed by atoms with Gasteiger partial charge in [-0.2, -0.15) is 13.2 Å². The van der Waals surface area contributed by atoms with Gasteiger partial charge in [0.25, 0.3) is 0 Å².